The first-order valence-electron chi connectivity index (χ1n) is 17.9. The molecule has 53 heavy (non-hydrogen) atoms. The van der Waals surface area contributed by atoms with Crippen LogP contribution in [0.1, 0.15) is 0 Å². The van der Waals surface area contributed by atoms with Crippen molar-refractivity contribution >= 4 is 42.3 Å². The van der Waals surface area contributed by atoms with E-state index in [0.29, 0.717) is 5.82 Å². The summed E-state index contributed by atoms with van der Waals surface area (Å²) in [7, 11) is 0. The van der Waals surface area contributed by atoms with Crippen LogP contribution in [0.25, 0.3) is 98.2 Å². The maximum absolute atomic E-state index is 5.23. The van der Waals surface area contributed by atoms with E-state index in [-0.39, 0.29) is 0 Å². The quantitative estimate of drug-likeness (QED) is 0.173. The van der Waals surface area contributed by atoms with Crippen LogP contribution in [0.4, 0.5) is 0 Å². The molecular formula is C50H32N2S. The molecule has 2 aromatic heterocycles. The maximum atomic E-state index is 5.23. The average molecular weight is 693 g/mol. The summed E-state index contributed by atoms with van der Waals surface area (Å²) in [5, 5.41) is 5.21. The van der Waals surface area contributed by atoms with Gasteiger partial charge in [0, 0.05) is 36.9 Å². The number of thiophene rings is 1. The van der Waals surface area contributed by atoms with Crippen molar-refractivity contribution in [1.29, 1.82) is 0 Å². The molecule has 0 N–H and O–H groups in total. The zero-order chi connectivity index (χ0) is 35.1. The van der Waals surface area contributed by atoms with Crippen LogP contribution in [-0.2, 0) is 0 Å². The van der Waals surface area contributed by atoms with Crippen LogP contribution in [0, 0.1) is 0 Å². The molecule has 8 aromatic carbocycles. The Hall–Kier alpha value is -6.68. The van der Waals surface area contributed by atoms with E-state index in [0.717, 1.165) is 44.8 Å². The van der Waals surface area contributed by atoms with Crippen molar-refractivity contribution < 1.29 is 0 Å². The highest BCUT2D eigenvalue weighted by molar-refractivity contribution is 7.26. The lowest BCUT2D eigenvalue weighted by Gasteiger charge is -2.14. The van der Waals surface area contributed by atoms with E-state index in [2.05, 4.69) is 170 Å². The molecular weight excluding hydrogens is 661 g/mol. The molecule has 248 valence electrons. The Morgan fingerprint density at radius 1 is 0.302 bits per heavy atom. The Morgan fingerprint density at radius 3 is 1.58 bits per heavy atom. The summed E-state index contributed by atoms with van der Waals surface area (Å²) in [4.78, 5) is 10.3. The molecule has 0 bridgehead atoms. The minimum absolute atomic E-state index is 0.707. The third-order valence-corrected chi connectivity index (χ3v) is 11.2. The predicted molar refractivity (Wildman–Crippen MR) is 225 cm³/mol. The number of hydrogen-bond donors (Lipinski definition) is 0. The van der Waals surface area contributed by atoms with Gasteiger partial charge in [-0.1, -0.05) is 152 Å². The summed E-state index contributed by atoms with van der Waals surface area (Å²) >= 11 is 1.86. The fourth-order valence-corrected chi connectivity index (χ4v) is 8.57. The fourth-order valence-electron chi connectivity index (χ4n) is 7.41. The summed E-state index contributed by atoms with van der Waals surface area (Å²) in [6.45, 7) is 0. The van der Waals surface area contributed by atoms with E-state index < -0.39 is 0 Å². The molecule has 0 unspecified atom stereocenters. The lowest BCUT2D eigenvalue weighted by Crippen LogP contribution is -1.96. The van der Waals surface area contributed by atoms with Gasteiger partial charge < -0.3 is 0 Å². The summed E-state index contributed by atoms with van der Waals surface area (Å²) in [6, 6.07) is 69.3. The van der Waals surface area contributed by atoms with Crippen molar-refractivity contribution in [3.8, 4) is 67.3 Å². The SMILES string of the molecule is c1ccc(-c2cccc(-c3cc(-c4ccc5c(c4)sc4ccc6ccccc6c45)cc(-c4cc(-c5ccccc5)nc(-c5ccccc5)n4)c3)c2)cc1. The van der Waals surface area contributed by atoms with Gasteiger partial charge in [0.25, 0.3) is 0 Å². The molecule has 0 radical (unpaired) electrons. The zero-order valence-electron chi connectivity index (χ0n) is 28.8. The number of benzene rings is 8. The van der Waals surface area contributed by atoms with E-state index in [1.165, 1.54) is 47.6 Å². The lowest BCUT2D eigenvalue weighted by atomic mass is 9.92. The van der Waals surface area contributed by atoms with Gasteiger partial charge in [-0.2, -0.15) is 0 Å². The third kappa shape index (κ3) is 5.87. The number of nitrogens with zero attached hydrogens (tertiary/aromatic N) is 2. The van der Waals surface area contributed by atoms with Crippen LogP contribution < -0.4 is 0 Å². The molecule has 3 heteroatoms. The molecule has 10 aromatic rings. The first kappa shape index (κ1) is 31.1. The van der Waals surface area contributed by atoms with Gasteiger partial charge in [0.1, 0.15) is 0 Å². The van der Waals surface area contributed by atoms with Crippen LogP contribution in [-0.4, -0.2) is 9.97 Å². The zero-order valence-corrected chi connectivity index (χ0v) is 29.6. The van der Waals surface area contributed by atoms with Crippen LogP contribution in [0.15, 0.2) is 194 Å². The third-order valence-electron chi connectivity index (χ3n) is 10.1. The molecule has 0 aliphatic carbocycles. The molecule has 0 spiro atoms. The van der Waals surface area contributed by atoms with Gasteiger partial charge in [-0.05, 0) is 86.6 Å². The van der Waals surface area contributed by atoms with E-state index in [1.54, 1.807) is 0 Å². The molecule has 2 heterocycles. The van der Waals surface area contributed by atoms with Crippen LogP contribution in [0.2, 0.25) is 0 Å². The molecule has 0 fully saturated rings. The Labute approximate surface area is 312 Å². The number of hydrogen-bond acceptors (Lipinski definition) is 3. The second kappa shape index (κ2) is 13.1. The highest BCUT2D eigenvalue weighted by atomic mass is 32.1. The van der Waals surface area contributed by atoms with Gasteiger partial charge in [0.05, 0.1) is 11.4 Å². The van der Waals surface area contributed by atoms with E-state index >= 15 is 0 Å². The Kier molecular flexibility index (Phi) is 7.71. The molecule has 0 aliphatic rings. The van der Waals surface area contributed by atoms with Gasteiger partial charge in [-0.3, -0.25) is 0 Å². The number of rotatable bonds is 6. The Balaban J connectivity index is 1.18. The summed E-state index contributed by atoms with van der Waals surface area (Å²) in [5.74, 6) is 0.707. The second-order valence-corrected chi connectivity index (χ2v) is 14.5. The lowest BCUT2D eigenvalue weighted by molar-refractivity contribution is 1.18. The van der Waals surface area contributed by atoms with E-state index in [4.69, 9.17) is 9.97 Å². The van der Waals surface area contributed by atoms with Crippen molar-refractivity contribution in [3.05, 3.63) is 194 Å². The minimum Gasteiger partial charge on any atom is -0.228 e. The first-order chi connectivity index (χ1) is 26.2. The topological polar surface area (TPSA) is 25.8 Å². The van der Waals surface area contributed by atoms with Gasteiger partial charge in [-0.15, -0.1) is 11.3 Å². The van der Waals surface area contributed by atoms with Gasteiger partial charge in [0.2, 0.25) is 0 Å². The standard InChI is InChI=1S/C50H32N2S/c1-4-13-33(14-5-1)37-20-12-21-38(27-37)40-28-41(39-23-25-44-48(31-39)53-47-26-24-34-15-10-11-22-43(34)49(44)47)30-42(29-40)46-32-45(35-16-6-2-7-17-35)51-50(52-46)36-18-8-3-9-19-36/h1-32H. The molecule has 0 saturated carbocycles. The second-order valence-electron chi connectivity index (χ2n) is 13.4. The van der Waals surface area contributed by atoms with E-state index in [1.807, 2.05) is 35.6 Å². The highest BCUT2D eigenvalue weighted by Gasteiger charge is 2.15. The van der Waals surface area contributed by atoms with Crippen LogP contribution in [0.3, 0.4) is 0 Å². The fraction of sp³-hybridized carbons (Fsp3) is 0. The predicted octanol–water partition coefficient (Wildman–Crippen LogP) is 14.0. The van der Waals surface area contributed by atoms with Crippen molar-refractivity contribution in [1.82, 2.24) is 9.97 Å². The minimum atomic E-state index is 0.707. The summed E-state index contributed by atoms with van der Waals surface area (Å²) < 4.78 is 2.59. The summed E-state index contributed by atoms with van der Waals surface area (Å²) in [5.41, 5.74) is 11.9. The maximum Gasteiger partial charge on any atom is 0.160 e. The smallest absolute Gasteiger partial charge is 0.160 e. The van der Waals surface area contributed by atoms with Crippen LogP contribution in [0.5, 0.6) is 0 Å². The van der Waals surface area contributed by atoms with Gasteiger partial charge >= 0.3 is 0 Å². The summed E-state index contributed by atoms with van der Waals surface area (Å²) in [6.07, 6.45) is 0. The molecule has 0 saturated heterocycles. The van der Waals surface area contributed by atoms with Crippen LogP contribution >= 0.6 is 11.3 Å². The largest absolute Gasteiger partial charge is 0.228 e. The molecule has 0 aliphatic heterocycles. The monoisotopic (exact) mass is 692 g/mol. The van der Waals surface area contributed by atoms with Gasteiger partial charge in [-0.25, -0.2) is 9.97 Å². The van der Waals surface area contributed by atoms with Crippen molar-refractivity contribution in [3.63, 3.8) is 0 Å². The molecule has 10 rings (SSSR count). The molecule has 0 amide bonds. The van der Waals surface area contributed by atoms with Crippen molar-refractivity contribution in [2.75, 3.05) is 0 Å². The van der Waals surface area contributed by atoms with Crippen molar-refractivity contribution in [2.24, 2.45) is 0 Å². The first-order valence-corrected chi connectivity index (χ1v) is 18.7. The van der Waals surface area contributed by atoms with E-state index in [9.17, 15) is 0 Å². The molecule has 0 atom stereocenters. The molecule has 2 nitrogen and oxygen atoms in total. The Morgan fingerprint density at radius 2 is 0.849 bits per heavy atom. The Bertz CT molecular complexity index is 2870. The number of fused-ring (bicyclic) bond motifs is 5. The average Bonchev–Trinajstić information content (AvgIpc) is 3.63. The number of aromatic nitrogens is 2. The normalized spacial score (nSPS) is 11.4. The van der Waals surface area contributed by atoms with Gasteiger partial charge in [0.15, 0.2) is 5.82 Å². The highest BCUT2D eigenvalue weighted by Crippen LogP contribution is 2.42. The van der Waals surface area contributed by atoms with Crippen molar-refractivity contribution in [2.45, 2.75) is 0 Å².